The van der Waals surface area contributed by atoms with Crippen LogP contribution >= 0.6 is 11.6 Å². The van der Waals surface area contributed by atoms with E-state index in [1.807, 2.05) is 0 Å². The third-order valence-corrected chi connectivity index (χ3v) is 3.90. The number of rotatable bonds is 3. The van der Waals surface area contributed by atoms with Crippen LogP contribution < -0.4 is 4.72 Å². The van der Waals surface area contributed by atoms with Crippen LogP contribution in [-0.4, -0.2) is 13.5 Å². The van der Waals surface area contributed by atoms with Crippen molar-refractivity contribution in [1.82, 2.24) is 0 Å². The van der Waals surface area contributed by atoms with Gasteiger partial charge >= 0.3 is 0 Å². The van der Waals surface area contributed by atoms with E-state index in [9.17, 15) is 12.8 Å². The summed E-state index contributed by atoms with van der Waals surface area (Å²) in [5, 5.41) is 9.31. The minimum absolute atomic E-state index is 0.0764. The molecule has 0 aromatic heterocycles. The van der Waals surface area contributed by atoms with Gasteiger partial charge in [-0.15, -0.1) is 0 Å². The molecule has 2 N–H and O–H groups in total. The molecule has 0 amide bonds. The Hall–Kier alpha value is -1.79. The Balaban J connectivity index is 2.36. The van der Waals surface area contributed by atoms with E-state index in [0.717, 1.165) is 12.1 Å². The van der Waals surface area contributed by atoms with E-state index in [0.29, 0.717) is 0 Å². The zero-order chi connectivity index (χ0) is 14.0. The second-order valence-electron chi connectivity index (χ2n) is 3.73. The van der Waals surface area contributed by atoms with E-state index in [1.54, 1.807) is 0 Å². The number of hydrogen-bond donors (Lipinski definition) is 2. The van der Waals surface area contributed by atoms with Crippen LogP contribution in [0.4, 0.5) is 10.1 Å². The van der Waals surface area contributed by atoms with Crippen molar-refractivity contribution < 1.29 is 17.9 Å². The average Bonchev–Trinajstić information content (AvgIpc) is 2.33. The van der Waals surface area contributed by atoms with Crippen LogP contribution in [0.3, 0.4) is 0 Å². The molecule has 0 aliphatic rings. The molecule has 0 aliphatic heterocycles. The van der Waals surface area contributed by atoms with E-state index >= 15 is 0 Å². The smallest absolute Gasteiger partial charge is 0.262 e. The summed E-state index contributed by atoms with van der Waals surface area (Å²) in [5.41, 5.74) is -0.252. The fourth-order valence-corrected chi connectivity index (χ4v) is 2.79. The Morgan fingerprint density at radius 2 is 1.89 bits per heavy atom. The number of benzene rings is 2. The molecule has 0 radical (unpaired) electrons. The normalized spacial score (nSPS) is 11.3. The maximum absolute atomic E-state index is 13.5. The van der Waals surface area contributed by atoms with Crippen molar-refractivity contribution in [2.24, 2.45) is 0 Å². The van der Waals surface area contributed by atoms with Crippen LogP contribution in [0.15, 0.2) is 47.4 Å². The molecule has 2 aromatic carbocycles. The molecule has 0 spiro atoms. The molecule has 0 aliphatic carbocycles. The number of halogens is 2. The highest BCUT2D eigenvalue weighted by atomic mass is 35.5. The minimum atomic E-state index is -3.93. The summed E-state index contributed by atoms with van der Waals surface area (Å²) >= 11 is 5.71. The number of hydrogen-bond acceptors (Lipinski definition) is 3. The first-order valence-corrected chi connectivity index (χ1v) is 7.01. The molecule has 0 saturated heterocycles. The number of sulfonamides is 1. The maximum atomic E-state index is 13.5. The standard InChI is InChI=1S/C12H9ClFNO3S/c13-8-2-1-3-10(6-8)19(17,18)15-12-5-4-9(16)7-11(12)14/h1-7,15-16H. The quantitative estimate of drug-likeness (QED) is 0.857. The molecule has 2 rings (SSSR count). The van der Waals surface area contributed by atoms with Crippen LogP contribution in [0, 0.1) is 5.82 Å². The molecule has 0 saturated carbocycles. The Bertz CT molecular complexity index is 719. The number of anilines is 1. The molecule has 0 bridgehead atoms. The highest BCUT2D eigenvalue weighted by molar-refractivity contribution is 7.92. The Morgan fingerprint density at radius 3 is 2.53 bits per heavy atom. The zero-order valence-corrected chi connectivity index (χ0v) is 11.0. The summed E-state index contributed by atoms with van der Waals surface area (Å²) in [6.07, 6.45) is 0. The van der Waals surface area contributed by atoms with Crippen LogP contribution in [0.25, 0.3) is 0 Å². The molecule has 2 aromatic rings. The number of phenolic OH excluding ortho intramolecular Hbond substituents is 1. The van der Waals surface area contributed by atoms with Gasteiger partial charge in [-0.2, -0.15) is 0 Å². The number of nitrogens with one attached hydrogen (secondary N) is 1. The maximum Gasteiger partial charge on any atom is 0.262 e. The van der Waals surface area contributed by atoms with Crippen molar-refractivity contribution in [3.63, 3.8) is 0 Å². The molecular formula is C12H9ClFNO3S. The first-order valence-electron chi connectivity index (χ1n) is 5.15. The molecular weight excluding hydrogens is 293 g/mol. The van der Waals surface area contributed by atoms with Gasteiger partial charge in [0.05, 0.1) is 10.6 Å². The van der Waals surface area contributed by atoms with Crippen molar-refractivity contribution in [2.75, 3.05) is 4.72 Å². The largest absolute Gasteiger partial charge is 0.508 e. The average molecular weight is 302 g/mol. The van der Waals surface area contributed by atoms with E-state index < -0.39 is 15.8 Å². The van der Waals surface area contributed by atoms with Crippen LogP contribution in [0.2, 0.25) is 5.02 Å². The third kappa shape index (κ3) is 3.15. The van der Waals surface area contributed by atoms with Gasteiger partial charge in [-0.25, -0.2) is 12.8 Å². The lowest BCUT2D eigenvalue weighted by Crippen LogP contribution is -2.13. The van der Waals surface area contributed by atoms with Crippen molar-refractivity contribution >= 4 is 27.3 Å². The van der Waals surface area contributed by atoms with Gasteiger partial charge in [0.25, 0.3) is 10.0 Å². The Labute approximate surface area is 114 Å². The fraction of sp³-hybridized carbons (Fsp3) is 0. The first kappa shape index (κ1) is 13.6. The molecule has 0 fully saturated rings. The molecule has 100 valence electrons. The van der Waals surface area contributed by atoms with Crippen molar-refractivity contribution in [3.8, 4) is 5.75 Å². The molecule has 4 nitrogen and oxygen atoms in total. The molecule has 7 heteroatoms. The lowest BCUT2D eigenvalue weighted by atomic mass is 10.3. The van der Waals surface area contributed by atoms with Crippen LogP contribution in [0.1, 0.15) is 0 Å². The minimum Gasteiger partial charge on any atom is -0.508 e. The van der Waals surface area contributed by atoms with Gasteiger partial charge in [0, 0.05) is 11.1 Å². The van der Waals surface area contributed by atoms with E-state index in [4.69, 9.17) is 16.7 Å². The topological polar surface area (TPSA) is 66.4 Å². The van der Waals surface area contributed by atoms with Gasteiger partial charge in [0.15, 0.2) is 5.82 Å². The van der Waals surface area contributed by atoms with Gasteiger partial charge in [0.2, 0.25) is 0 Å². The molecule has 19 heavy (non-hydrogen) atoms. The summed E-state index contributed by atoms with van der Waals surface area (Å²) in [5.74, 6) is -1.16. The number of phenols is 1. The molecule has 0 heterocycles. The summed E-state index contributed by atoms with van der Waals surface area (Å²) in [6, 6.07) is 8.72. The lowest BCUT2D eigenvalue weighted by molar-refractivity contribution is 0.469. The molecule has 0 atom stereocenters. The number of aromatic hydroxyl groups is 1. The van der Waals surface area contributed by atoms with Crippen molar-refractivity contribution in [2.45, 2.75) is 4.90 Å². The fourth-order valence-electron chi connectivity index (χ4n) is 1.42. The van der Waals surface area contributed by atoms with Crippen LogP contribution in [0.5, 0.6) is 5.75 Å². The predicted octanol–water partition coefficient (Wildman–Crippen LogP) is 2.99. The van der Waals surface area contributed by atoms with E-state index in [2.05, 4.69) is 4.72 Å². The summed E-state index contributed by atoms with van der Waals surface area (Å²) in [4.78, 5) is -0.0764. The van der Waals surface area contributed by atoms with E-state index in [1.165, 1.54) is 30.3 Å². The van der Waals surface area contributed by atoms with Gasteiger partial charge in [-0.05, 0) is 30.3 Å². The second kappa shape index (κ2) is 5.07. The monoisotopic (exact) mass is 301 g/mol. The van der Waals surface area contributed by atoms with Crippen molar-refractivity contribution in [1.29, 1.82) is 0 Å². The Kier molecular flexibility index (Phi) is 3.64. The molecule has 0 unspecified atom stereocenters. The van der Waals surface area contributed by atoms with Crippen LogP contribution in [-0.2, 0) is 10.0 Å². The Morgan fingerprint density at radius 1 is 1.16 bits per heavy atom. The van der Waals surface area contributed by atoms with Gasteiger partial charge in [-0.3, -0.25) is 4.72 Å². The highest BCUT2D eigenvalue weighted by Crippen LogP contribution is 2.23. The van der Waals surface area contributed by atoms with Gasteiger partial charge < -0.3 is 5.11 Å². The zero-order valence-electron chi connectivity index (χ0n) is 9.47. The van der Waals surface area contributed by atoms with Crippen molar-refractivity contribution in [3.05, 3.63) is 53.3 Å². The first-order chi connectivity index (χ1) is 8.88. The summed E-state index contributed by atoms with van der Waals surface area (Å²) in [7, 11) is -3.93. The summed E-state index contributed by atoms with van der Waals surface area (Å²) < 4.78 is 39.5. The van der Waals surface area contributed by atoms with Gasteiger partial charge in [0.1, 0.15) is 5.75 Å². The summed E-state index contributed by atoms with van der Waals surface area (Å²) in [6.45, 7) is 0. The second-order valence-corrected chi connectivity index (χ2v) is 5.85. The van der Waals surface area contributed by atoms with E-state index in [-0.39, 0.29) is 21.4 Å². The predicted molar refractivity (Wildman–Crippen MR) is 70.3 cm³/mol. The third-order valence-electron chi connectivity index (χ3n) is 2.30. The van der Waals surface area contributed by atoms with Gasteiger partial charge in [-0.1, -0.05) is 17.7 Å². The SMILES string of the molecule is O=S(=O)(Nc1ccc(O)cc1F)c1cccc(Cl)c1. The lowest BCUT2D eigenvalue weighted by Gasteiger charge is -2.09. The highest BCUT2D eigenvalue weighted by Gasteiger charge is 2.16.